The van der Waals surface area contributed by atoms with Gasteiger partial charge >= 0.3 is 0 Å². The molecule has 9 atom stereocenters. The molecule has 5 aliphatic carbocycles. The van der Waals surface area contributed by atoms with Crippen LogP contribution in [0.15, 0.2) is 0 Å². The van der Waals surface area contributed by atoms with Gasteiger partial charge in [0.05, 0.1) is 0 Å². The van der Waals surface area contributed by atoms with Crippen LogP contribution in [0.2, 0.25) is 0 Å². The molecule has 0 spiro atoms. The zero-order chi connectivity index (χ0) is 20.2. The Bertz CT molecular complexity index is 646. The lowest BCUT2D eigenvalue weighted by Crippen LogP contribution is -2.64. The van der Waals surface area contributed by atoms with Crippen LogP contribution >= 0.6 is 0 Å². The topological polar surface area (TPSA) is 0 Å². The summed E-state index contributed by atoms with van der Waals surface area (Å²) in [5, 5.41) is 0. The molecule has 3 unspecified atom stereocenters. The molecular formula is C28H48. The van der Waals surface area contributed by atoms with E-state index in [2.05, 4.69) is 48.5 Å². The van der Waals surface area contributed by atoms with Gasteiger partial charge in [-0.25, -0.2) is 0 Å². The monoisotopic (exact) mass is 384 g/mol. The molecule has 0 N–H and O–H groups in total. The van der Waals surface area contributed by atoms with Gasteiger partial charge in [-0.3, -0.25) is 0 Å². The van der Waals surface area contributed by atoms with Gasteiger partial charge in [0.1, 0.15) is 0 Å². The molecule has 0 radical (unpaired) electrons. The SMILES string of the molecule is C[C@H]1CC[C@@]2(C)C(CC[C@]3(C)C2CC[C@@]2(C)C3CC[C@@]3(C)CCC[C@@H]32)C1(C)C. The van der Waals surface area contributed by atoms with E-state index in [0.29, 0.717) is 27.1 Å². The fourth-order valence-corrected chi connectivity index (χ4v) is 11.4. The van der Waals surface area contributed by atoms with Gasteiger partial charge in [-0.05, 0) is 121 Å². The van der Waals surface area contributed by atoms with E-state index in [0.717, 1.165) is 29.6 Å². The maximum atomic E-state index is 2.80. The molecule has 5 rings (SSSR count). The molecule has 0 amide bonds. The molecule has 0 heteroatoms. The minimum absolute atomic E-state index is 0.533. The van der Waals surface area contributed by atoms with Gasteiger partial charge in [-0.15, -0.1) is 0 Å². The van der Waals surface area contributed by atoms with Crippen LogP contribution in [0.25, 0.3) is 0 Å². The number of rotatable bonds is 0. The van der Waals surface area contributed by atoms with E-state index in [9.17, 15) is 0 Å². The highest BCUT2D eigenvalue weighted by Crippen LogP contribution is 2.76. The summed E-state index contributed by atoms with van der Waals surface area (Å²) >= 11 is 0. The van der Waals surface area contributed by atoms with Crippen LogP contribution in [0.1, 0.15) is 119 Å². The highest BCUT2D eigenvalue weighted by Gasteiger charge is 2.68. The molecular weight excluding hydrogens is 336 g/mol. The fraction of sp³-hybridized carbons (Fsp3) is 1.00. The van der Waals surface area contributed by atoms with Crippen molar-refractivity contribution in [3.63, 3.8) is 0 Å². The van der Waals surface area contributed by atoms with Crippen molar-refractivity contribution in [2.75, 3.05) is 0 Å². The molecule has 0 aromatic rings. The van der Waals surface area contributed by atoms with Crippen molar-refractivity contribution in [1.82, 2.24) is 0 Å². The predicted molar refractivity (Wildman–Crippen MR) is 120 cm³/mol. The van der Waals surface area contributed by atoms with E-state index < -0.39 is 0 Å². The van der Waals surface area contributed by atoms with Crippen molar-refractivity contribution >= 4 is 0 Å². The fourth-order valence-electron chi connectivity index (χ4n) is 11.4. The minimum atomic E-state index is 0.533. The quantitative estimate of drug-likeness (QED) is 0.392. The van der Waals surface area contributed by atoms with Crippen LogP contribution in [0, 0.1) is 56.7 Å². The van der Waals surface area contributed by atoms with Crippen molar-refractivity contribution < 1.29 is 0 Å². The van der Waals surface area contributed by atoms with Gasteiger partial charge in [0.2, 0.25) is 0 Å². The third-order valence-corrected chi connectivity index (χ3v) is 13.1. The zero-order valence-corrected chi connectivity index (χ0v) is 20.2. The van der Waals surface area contributed by atoms with Crippen LogP contribution in [0.4, 0.5) is 0 Å². The van der Waals surface area contributed by atoms with E-state index in [1.165, 1.54) is 70.6 Å². The predicted octanol–water partition coefficient (Wildman–Crippen LogP) is 8.50. The first kappa shape index (κ1) is 19.9. The average molecular weight is 385 g/mol. The highest BCUT2D eigenvalue weighted by atomic mass is 14.7. The van der Waals surface area contributed by atoms with Gasteiger partial charge in [0, 0.05) is 0 Å². The Balaban J connectivity index is 1.52. The lowest BCUT2D eigenvalue weighted by molar-refractivity contribution is -0.227. The smallest absolute Gasteiger partial charge is 0.0259 e. The first-order valence-corrected chi connectivity index (χ1v) is 13.0. The minimum Gasteiger partial charge on any atom is -0.0620 e. The second kappa shape index (κ2) is 5.82. The zero-order valence-electron chi connectivity index (χ0n) is 20.2. The van der Waals surface area contributed by atoms with Crippen molar-refractivity contribution in [3.8, 4) is 0 Å². The first-order chi connectivity index (χ1) is 13.0. The van der Waals surface area contributed by atoms with Crippen LogP contribution in [0.5, 0.6) is 0 Å². The molecule has 0 aromatic carbocycles. The molecule has 28 heavy (non-hydrogen) atoms. The van der Waals surface area contributed by atoms with Gasteiger partial charge in [-0.1, -0.05) is 54.9 Å². The van der Waals surface area contributed by atoms with Crippen molar-refractivity contribution in [3.05, 3.63) is 0 Å². The molecule has 0 aromatic heterocycles. The lowest BCUT2D eigenvalue weighted by Gasteiger charge is -2.71. The second-order valence-electron chi connectivity index (χ2n) is 14.2. The summed E-state index contributed by atoms with van der Waals surface area (Å²) < 4.78 is 0. The standard InChI is InChI=1S/C28H48/c1-19-10-16-26(5)20(24(19,2)3)12-17-28(7)22-11-15-25(4)14-8-9-21(25)27(22,6)18-13-23(26)28/h19-23H,8-18H2,1-7H3/t19-,20?,21-,22?,23?,25+,26-,27+,28-/m0/s1. The van der Waals surface area contributed by atoms with Gasteiger partial charge < -0.3 is 0 Å². The maximum Gasteiger partial charge on any atom is -0.0259 e. The Morgan fingerprint density at radius 3 is 1.68 bits per heavy atom. The third-order valence-electron chi connectivity index (χ3n) is 13.1. The van der Waals surface area contributed by atoms with Crippen molar-refractivity contribution in [2.24, 2.45) is 56.7 Å². The van der Waals surface area contributed by atoms with Gasteiger partial charge in [0.15, 0.2) is 0 Å². The maximum absolute atomic E-state index is 2.80. The first-order valence-electron chi connectivity index (χ1n) is 13.0. The van der Waals surface area contributed by atoms with E-state index in [1.807, 2.05) is 0 Å². The summed E-state index contributed by atoms with van der Waals surface area (Å²) in [6.45, 7) is 18.8. The average Bonchev–Trinajstić information content (AvgIpc) is 3.01. The Morgan fingerprint density at radius 1 is 0.500 bits per heavy atom. The van der Waals surface area contributed by atoms with E-state index in [1.54, 1.807) is 0 Å². The normalized spacial score (nSPS) is 60.3. The van der Waals surface area contributed by atoms with Crippen molar-refractivity contribution in [1.29, 1.82) is 0 Å². The van der Waals surface area contributed by atoms with Crippen LogP contribution in [0.3, 0.4) is 0 Å². The van der Waals surface area contributed by atoms with E-state index in [-0.39, 0.29) is 0 Å². The summed E-state index contributed by atoms with van der Waals surface area (Å²) in [4.78, 5) is 0. The lowest BCUT2D eigenvalue weighted by atomic mass is 9.33. The molecule has 0 aliphatic heterocycles. The summed E-state index contributed by atoms with van der Waals surface area (Å²) in [7, 11) is 0. The second-order valence-corrected chi connectivity index (χ2v) is 14.2. The summed E-state index contributed by atoms with van der Waals surface area (Å²) in [5.74, 6) is 4.85. The van der Waals surface area contributed by atoms with Gasteiger partial charge in [-0.2, -0.15) is 0 Å². The number of hydrogen-bond acceptors (Lipinski definition) is 0. The Labute approximate surface area is 176 Å². The molecule has 160 valence electrons. The van der Waals surface area contributed by atoms with E-state index in [4.69, 9.17) is 0 Å². The van der Waals surface area contributed by atoms with Crippen LogP contribution < -0.4 is 0 Å². The summed E-state index contributed by atoms with van der Waals surface area (Å²) in [6, 6.07) is 0. The van der Waals surface area contributed by atoms with Gasteiger partial charge in [0.25, 0.3) is 0 Å². The molecule has 0 heterocycles. The van der Waals surface area contributed by atoms with Crippen LogP contribution in [-0.2, 0) is 0 Å². The number of hydrogen-bond donors (Lipinski definition) is 0. The molecule has 5 saturated carbocycles. The summed E-state index contributed by atoms with van der Waals surface area (Å²) in [5.41, 5.74) is 3.05. The molecule has 0 bridgehead atoms. The largest absolute Gasteiger partial charge is 0.0620 e. The molecule has 5 aliphatic rings. The van der Waals surface area contributed by atoms with Crippen molar-refractivity contribution in [2.45, 2.75) is 119 Å². The van der Waals surface area contributed by atoms with E-state index >= 15 is 0 Å². The van der Waals surface area contributed by atoms with Crippen LogP contribution in [-0.4, -0.2) is 0 Å². The molecule has 0 saturated heterocycles. The summed E-state index contributed by atoms with van der Waals surface area (Å²) in [6.07, 6.45) is 16.7. The molecule has 5 fully saturated rings. The highest BCUT2D eigenvalue weighted by molar-refractivity contribution is 5.17. The Hall–Kier alpha value is 0. The third kappa shape index (κ3) is 2.25. The Kier molecular flexibility index (Phi) is 4.14. The molecule has 0 nitrogen and oxygen atoms in total. The number of fused-ring (bicyclic) bond motifs is 7. The Morgan fingerprint density at radius 2 is 1.00 bits per heavy atom.